The molecule has 150 valence electrons. The molecular weight excluding hydrogens is 392 g/mol. The van der Waals surface area contributed by atoms with Crippen LogP contribution in [-0.4, -0.2) is 19.9 Å². The van der Waals surface area contributed by atoms with Gasteiger partial charge in [0.25, 0.3) is 0 Å². The lowest BCUT2D eigenvalue weighted by atomic mass is 9.89. The number of hydrogen-bond donors (Lipinski definition) is 0. The summed E-state index contributed by atoms with van der Waals surface area (Å²) >= 11 is 0. The molecule has 6 aromatic rings. The van der Waals surface area contributed by atoms with E-state index in [0.29, 0.717) is 0 Å². The summed E-state index contributed by atoms with van der Waals surface area (Å²) in [6, 6.07) is 26.0. The van der Waals surface area contributed by atoms with E-state index in [4.69, 9.17) is 0 Å². The predicted molar refractivity (Wildman–Crippen MR) is 129 cm³/mol. The summed E-state index contributed by atoms with van der Waals surface area (Å²) in [4.78, 5) is 16.7. The Balaban J connectivity index is 1.65. The topological polar surface area (TPSA) is 51.6 Å². The lowest BCUT2D eigenvalue weighted by Gasteiger charge is -2.14. The third-order valence-electron chi connectivity index (χ3n) is 5.80. The van der Waals surface area contributed by atoms with Crippen LogP contribution in [0.1, 0.15) is 0 Å². The highest BCUT2D eigenvalue weighted by molar-refractivity contribution is 6.14. The van der Waals surface area contributed by atoms with Crippen molar-refractivity contribution in [3.63, 3.8) is 0 Å². The maximum atomic E-state index is 4.18. The first-order valence-corrected chi connectivity index (χ1v) is 10.4. The average molecular weight is 410 g/mol. The van der Waals surface area contributed by atoms with Crippen LogP contribution in [0.15, 0.2) is 110 Å². The second-order valence-corrected chi connectivity index (χ2v) is 7.74. The van der Waals surface area contributed by atoms with E-state index in [1.165, 1.54) is 32.7 Å². The number of hydrogen-bond acceptors (Lipinski definition) is 4. The van der Waals surface area contributed by atoms with Gasteiger partial charge in [0.2, 0.25) is 0 Å². The van der Waals surface area contributed by atoms with Crippen LogP contribution in [0.25, 0.3) is 54.9 Å². The Kier molecular flexibility index (Phi) is 4.40. The first-order chi connectivity index (χ1) is 15.9. The van der Waals surface area contributed by atoms with Gasteiger partial charge < -0.3 is 0 Å². The fraction of sp³-hybridized carbons (Fsp3) is 0. The zero-order valence-electron chi connectivity index (χ0n) is 17.2. The molecule has 4 nitrogen and oxygen atoms in total. The molecular formula is C28H18N4. The van der Waals surface area contributed by atoms with Gasteiger partial charge in [-0.3, -0.25) is 0 Å². The zero-order chi connectivity index (χ0) is 21.3. The van der Waals surface area contributed by atoms with E-state index in [1.807, 2.05) is 24.8 Å². The molecule has 0 atom stereocenters. The van der Waals surface area contributed by atoms with Gasteiger partial charge in [-0.05, 0) is 62.0 Å². The molecule has 6 rings (SSSR count). The molecule has 0 bridgehead atoms. The standard InChI is InChI=1S/C28H18N4/c1-2-4-19(5-3-1)28-26-8-6-20(24-13-29-17-30-14-24)10-22(26)12-23-11-21(7-9-27(23)28)25-15-31-18-32-16-25/h1-18H. The van der Waals surface area contributed by atoms with E-state index in [0.717, 1.165) is 22.3 Å². The Morgan fingerprint density at radius 3 is 1.41 bits per heavy atom. The van der Waals surface area contributed by atoms with E-state index in [9.17, 15) is 0 Å². The van der Waals surface area contributed by atoms with Crippen molar-refractivity contribution >= 4 is 21.5 Å². The van der Waals surface area contributed by atoms with Gasteiger partial charge in [-0.15, -0.1) is 0 Å². The molecule has 2 aromatic heterocycles. The van der Waals surface area contributed by atoms with Gasteiger partial charge in [0.05, 0.1) is 0 Å². The first kappa shape index (κ1) is 18.3. The third-order valence-corrected chi connectivity index (χ3v) is 5.80. The molecule has 4 aromatic carbocycles. The maximum Gasteiger partial charge on any atom is 0.115 e. The van der Waals surface area contributed by atoms with Crippen LogP contribution in [0.5, 0.6) is 0 Å². The first-order valence-electron chi connectivity index (χ1n) is 10.4. The minimum atomic E-state index is 1.01. The normalized spacial score (nSPS) is 11.1. The van der Waals surface area contributed by atoms with Crippen LogP contribution in [0.2, 0.25) is 0 Å². The van der Waals surface area contributed by atoms with Crippen LogP contribution in [0.3, 0.4) is 0 Å². The third kappa shape index (κ3) is 3.19. The number of aromatic nitrogens is 4. The Hall–Kier alpha value is -4.44. The van der Waals surface area contributed by atoms with Crippen molar-refractivity contribution in [1.29, 1.82) is 0 Å². The monoisotopic (exact) mass is 410 g/mol. The van der Waals surface area contributed by atoms with Crippen LogP contribution in [0.4, 0.5) is 0 Å². The molecule has 0 saturated heterocycles. The predicted octanol–water partition coefficient (Wildman–Crippen LogP) is 6.57. The number of benzene rings is 4. The SMILES string of the molecule is c1ccc(-c2c3ccc(-c4cncnc4)cc3cc3cc(-c4cncnc4)ccc23)cc1. The summed E-state index contributed by atoms with van der Waals surface area (Å²) in [5, 5.41) is 4.80. The van der Waals surface area contributed by atoms with Gasteiger partial charge in [0.1, 0.15) is 12.7 Å². The van der Waals surface area contributed by atoms with E-state index < -0.39 is 0 Å². The highest BCUT2D eigenvalue weighted by atomic mass is 14.8. The molecule has 0 spiro atoms. The fourth-order valence-corrected chi connectivity index (χ4v) is 4.30. The molecule has 32 heavy (non-hydrogen) atoms. The molecule has 0 saturated carbocycles. The molecule has 2 heterocycles. The Bertz CT molecular complexity index is 1450. The Labute approximate surface area is 185 Å². The second-order valence-electron chi connectivity index (χ2n) is 7.74. The Morgan fingerprint density at radius 2 is 0.906 bits per heavy atom. The summed E-state index contributed by atoms with van der Waals surface area (Å²) in [7, 11) is 0. The number of nitrogens with zero attached hydrogens (tertiary/aromatic N) is 4. The van der Waals surface area contributed by atoms with Crippen LogP contribution >= 0.6 is 0 Å². The summed E-state index contributed by atoms with van der Waals surface area (Å²) in [5.74, 6) is 0. The smallest absolute Gasteiger partial charge is 0.115 e. The molecule has 0 aliphatic carbocycles. The van der Waals surface area contributed by atoms with Gasteiger partial charge >= 0.3 is 0 Å². The van der Waals surface area contributed by atoms with Gasteiger partial charge in [0.15, 0.2) is 0 Å². The number of rotatable bonds is 3. The molecule has 0 amide bonds. The van der Waals surface area contributed by atoms with Crippen LogP contribution < -0.4 is 0 Å². The van der Waals surface area contributed by atoms with Crippen LogP contribution in [0, 0.1) is 0 Å². The molecule has 0 aliphatic heterocycles. The quantitative estimate of drug-likeness (QED) is 0.310. The van der Waals surface area contributed by atoms with E-state index in [-0.39, 0.29) is 0 Å². The second kappa shape index (κ2) is 7.67. The van der Waals surface area contributed by atoms with Gasteiger partial charge in [-0.25, -0.2) is 19.9 Å². The van der Waals surface area contributed by atoms with E-state index in [1.54, 1.807) is 12.7 Å². The van der Waals surface area contributed by atoms with E-state index >= 15 is 0 Å². The lowest BCUT2D eigenvalue weighted by molar-refractivity contribution is 1.17. The molecule has 0 unspecified atom stereocenters. The largest absolute Gasteiger partial charge is 0.244 e. The van der Waals surface area contributed by atoms with Crippen molar-refractivity contribution in [2.75, 3.05) is 0 Å². The molecule has 0 fully saturated rings. The van der Waals surface area contributed by atoms with E-state index in [2.05, 4.69) is 92.7 Å². The summed E-state index contributed by atoms with van der Waals surface area (Å²) in [6.45, 7) is 0. The van der Waals surface area contributed by atoms with Crippen LogP contribution in [-0.2, 0) is 0 Å². The summed E-state index contributed by atoms with van der Waals surface area (Å²) in [5.41, 5.74) is 6.66. The van der Waals surface area contributed by atoms with Crippen molar-refractivity contribution in [3.05, 3.63) is 110 Å². The Morgan fingerprint density at radius 1 is 0.406 bits per heavy atom. The van der Waals surface area contributed by atoms with Gasteiger partial charge in [-0.2, -0.15) is 0 Å². The highest BCUT2D eigenvalue weighted by Crippen LogP contribution is 2.39. The van der Waals surface area contributed by atoms with Crippen molar-refractivity contribution in [1.82, 2.24) is 19.9 Å². The summed E-state index contributed by atoms with van der Waals surface area (Å²) in [6.07, 6.45) is 10.5. The molecule has 0 aliphatic rings. The minimum absolute atomic E-state index is 1.01. The van der Waals surface area contributed by atoms with Gasteiger partial charge in [-0.1, -0.05) is 54.6 Å². The average Bonchev–Trinajstić information content (AvgIpc) is 2.88. The van der Waals surface area contributed by atoms with Crippen molar-refractivity contribution in [2.45, 2.75) is 0 Å². The molecule has 0 N–H and O–H groups in total. The van der Waals surface area contributed by atoms with Crippen molar-refractivity contribution in [3.8, 4) is 33.4 Å². The highest BCUT2D eigenvalue weighted by Gasteiger charge is 2.12. The van der Waals surface area contributed by atoms with Crippen molar-refractivity contribution < 1.29 is 0 Å². The molecule has 0 radical (unpaired) electrons. The zero-order valence-corrected chi connectivity index (χ0v) is 17.2. The lowest BCUT2D eigenvalue weighted by Crippen LogP contribution is -1.89. The fourth-order valence-electron chi connectivity index (χ4n) is 4.30. The van der Waals surface area contributed by atoms with Crippen molar-refractivity contribution in [2.24, 2.45) is 0 Å². The number of fused-ring (bicyclic) bond motifs is 2. The van der Waals surface area contributed by atoms with Gasteiger partial charge in [0, 0.05) is 35.9 Å². The minimum Gasteiger partial charge on any atom is -0.244 e. The summed E-state index contributed by atoms with van der Waals surface area (Å²) < 4.78 is 0. The maximum absolute atomic E-state index is 4.18. The molecule has 4 heteroatoms.